The van der Waals surface area contributed by atoms with Crippen molar-refractivity contribution >= 4 is 51.1 Å². The second-order valence-electron chi connectivity index (χ2n) is 13.8. The highest BCUT2D eigenvalue weighted by Crippen LogP contribution is 2.43. The summed E-state index contributed by atoms with van der Waals surface area (Å²) in [5, 5.41) is 3.01. The van der Waals surface area contributed by atoms with Gasteiger partial charge < -0.3 is 40.0 Å². The van der Waals surface area contributed by atoms with Crippen molar-refractivity contribution < 1.29 is 33.3 Å². The Kier molecular flexibility index (Phi) is 13.8. The molecule has 0 spiro atoms. The standard InChI is InChI=1S/C42H54N6O7/c1-9-27-23(3)31-20-33-25(5)29(11-12-37(49)52-7)40(47-33)30(19-38(50)53-8)41-39(42(51)44-14-16-55-18-17-54-15-13-43)26(6)34(48-41)22-36-28(10-2)24(4)32(46-36)21-35(27)45-31/h9,20-22,25,29,46,48H,1,10-19,43H2,2-8H3,(H,44,51). The Hall–Kier alpha value is -5.11. The first-order valence-corrected chi connectivity index (χ1v) is 18.8. The number of nitrogens with one attached hydrogen (secondary N) is 3. The zero-order valence-corrected chi connectivity index (χ0v) is 33.1. The van der Waals surface area contributed by atoms with E-state index in [1.54, 1.807) is 0 Å². The van der Waals surface area contributed by atoms with Crippen molar-refractivity contribution in [1.82, 2.24) is 25.3 Å². The van der Waals surface area contributed by atoms with Crippen LogP contribution < -0.4 is 11.1 Å². The third kappa shape index (κ3) is 8.90. The molecule has 0 saturated carbocycles. The van der Waals surface area contributed by atoms with E-state index in [0.717, 1.165) is 56.8 Å². The molecule has 3 aromatic rings. The van der Waals surface area contributed by atoms with Gasteiger partial charge in [0.25, 0.3) is 5.91 Å². The van der Waals surface area contributed by atoms with Crippen LogP contribution in [0.25, 0.3) is 33.2 Å². The van der Waals surface area contributed by atoms with Gasteiger partial charge in [-0.1, -0.05) is 26.5 Å². The molecule has 5 heterocycles. The van der Waals surface area contributed by atoms with Gasteiger partial charge in [-0.05, 0) is 74.1 Å². The van der Waals surface area contributed by atoms with E-state index in [9.17, 15) is 14.4 Å². The summed E-state index contributed by atoms with van der Waals surface area (Å²) in [6.07, 6.45) is 2.95. The van der Waals surface area contributed by atoms with Crippen LogP contribution >= 0.6 is 0 Å². The minimum absolute atomic E-state index is 0.137. The number of fused-ring (bicyclic) bond motifs is 8. The van der Waals surface area contributed by atoms with Crippen LogP contribution in [-0.4, -0.2) is 91.5 Å². The molecule has 0 fully saturated rings. The van der Waals surface area contributed by atoms with Crippen LogP contribution in [0.15, 0.2) is 30.9 Å². The van der Waals surface area contributed by atoms with Crippen LogP contribution in [0.1, 0.15) is 101 Å². The number of rotatable bonds is 16. The lowest BCUT2D eigenvalue weighted by Crippen LogP contribution is -2.28. The van der Waals surface area contributed by atoms with Crippen molar-refractivity contribution in [2.24, 2.45) is 5.73 Å². The number of aromatic amines is 2. The molecule has 0 radical (unpaired) electrons. The minimum atomic E-state index is -0.499. The lowest BCUT2D eigenvalue weighted by molar-refractivity contribution is -0.141. The molecular formula is C42H54N6O7. The molecule has 5 N–H and O–H groups in total. The van der Waals surface area contributed by atoms with Gasteiger partial charge in [-0.15, -0.1) is 0 Å². The van der Waals surface area contributed by atoms with Gasteiger partial charge in [0.2, 0.25) is 0 Å². The molecule has 5 rings (SSSR count). The molecule has 2 atom stereocenters. The number of ether oxygens (including phenoxy) is 4. The molecule has 2 aliphatic rings. The van der Waals surface area contributed by atoms with E-state index in [0.29, 0.717) is 66.2 Å². The van der Waals surface area contributed by atoms with Crippen molar-refractivity contribution in [2.45, 2.75) is 72.1 Å². The Morgan fingerprint density at radius 1 is 0.891 bits per heavy atom. The van der Waals surface area contributed by atoms with Crippen LogP contribution in [-0.2, 0) is 41.4 Å². The Bertz CT molecular complexity index is 2150. The second-order valence-corrected chi connectivity index (χ2v) is 13.8. The Labute approximate surface area is 322 Å². The molecule has 0 aromatic carbocycles. The van der Waals surface area contributed by atoms with Crippen molar-refractivity contribution in [3.05, 3.63) is 81.4 Å². The van der Waals surface area contributed by atoms with Crippen molar-refractivity contribution in [3.63, 3.8) is 0 Å². The zero-order valence-electron chi connectivity index (χ0n) is 33.1. The monoisotopic (exact) mass is 754 g/mol. The molecule has 13 nitrogen and oxygen atoms in total. The third-order valence-corrected chi connectivity index (χ3v) is 10.6. The highest BCUT2D eigenvalue weighted by atomic mass is 16.5. The molecule has 1 amide bonds. The fourth-order valence-corrected chi connectivity index (χ4v) is 7.44. The molecule has 294 valence electrons. The van der Waals surface area contributed by atoms with Crippen LogP contribution in [0.4, 0.5) is 0 Å². The van der Waals surface area contributed by atoms with Crippen LogP contribution in [0.5, 0.6) is 0 Å². The predicted octanol–water partition coefficient (Wildman–Crippen LogP) is 5.89. The second kappa shape index (κ2) is 18.5. The molecule has 8 bridgehead atoms. The third-order valence-electron chi connectivity index (χ3n) is 10.6. The summed E-state index contributed by atoms with van der Waals surface area (Å²) in [7, 11) is 2.69. The molecule has 13 heteroatoms. The van der Waals surface area contributed by atoms with Gasteiger partial charge in [0.15, 0.2) is 0 Å². The van der Waals surface area contributed by atoms with Crippen LogP contribution in [0.3, 0.4) is 0 Å². The molecule has 0 saturated heterocycles. The van der Waals surface area contributed by atoms with Crippen LogP contribution in [0, 0.1) is 13.8 Å². The first-order valence-electron chi connectivity index (χ1n) is 18.8. The number of aromatic nitrogens is 4. The summed E-state index contributed by atoms with van der Waals surface area (Å²) in [6.45, 7) is 16.4. The fraction of sp³-hybridized carbons (Fsp3) is 0.452. The van der Waals surface area contributed by atoms with Crippen molar-refractivity contribution in [3.8, 4) is 0 Å². The first-order chi connectivity index (χ1) is 26.5. The maximum atomic E-state index is 14.3. The van der Waals surface area contributed by atoms with E-state index in [1.165, 1.54) is 14.2 Å². The normalized spacial score (nSPS) is 15.3. The van der Waals surface area contributed by atoms with Crippen LogP contribution in [0.2, 0.25) is 0 Å². The van der Waals surface area contributed by atoms with E-state index >= 15 is 0 Å². The number of carbonyl (C=O) groups is 3. The number of amides is 1. The Morgan fingerprint density at radius 3 is 2.27 bits per heavy atom. The number of hydrogen-bond acceptors (Lipinski definition) is 10. The fourth-order valence-electron chi connectivity index (χ4n) is 7.44. The van der Waals surface area contributed by atoms with Crippen molar-refractivity contribution in [2.75, 3.05) is 53.7 Å². The smallest absolute Gasteiger partial charge is 0.310 e. The van der Waals surface area contributed by atoms with Gasteiger partial charge in [-0.3, -0.25) is 19.4 Å². The molecule has 2 unspecified atom stereocenters. The number of esters is 2. The SMILES string of the molecule is C=CC1=C(C)c2cc3nc(c(CC(=O)OC)c4[nH]c(cc5[nH]c(cc1n2)c(C)c5CC)c(C)c4C(=O)NCCOCCOCCN)C(CCC(=O)OC)C3C. The van der Waals surface area contributed by atoms with E-state index in [4.69, 9.17) is 34.6 Å². The Balaban J connectivity index is 1.83. The summed E-state index contributed by atoms with van der Waals surface area (Å²) < 4.78 is 21.3. The molecule has 3 aromatic heterocycles. The van der Waals surface area contributed by atoms with E-state index < -0.39 is 5.97 Å². The molecule has 0 aliphatic carbocycles. The van der Waals surface area contributed by atoms with Gasteiger partial charge >= 0.3 is 11.9 Å². The van der Waals surface area contributed by atoms with Gasteiger partial charge in [0, 0.05) is 64.7 Å². The minimum Gasteiger partial charge on any atom is -0.469 e. The topological polar surface area (TPSA) is 184 Å². The Morgan fingerprint density at radius 2 is 1.60 bits per heavy atom. The highest BCUT2D eigenvalue weighted by molar-refractivity contribution is 6.06. The number of aryl methyl sites for hydroxylation is 3. The number of nitrogens with zero attached hydrogens (tertiary/aromatic N) is 2. The number of methoxy groups -OCH3 is 2. The maximum Gasteiger partial charge on any atom is 0.310 e. The van der Waals surface area contributed by atoms with Crippen molar-refractivity contribution in [1.29, 1.82) is 0 Å². The number of nitrogens with two attached hydrogens (primary N) is 1. The summed E-state index contributed by atoms with van der Waals surface area (Å²) in [6, 6.07) is 6.03. The van der Waals surface area contributed by atoms with E-state index in [-0.39, 0.29) is 49.7 Å². The average molecular weight is 755 g/mol. The average Bonchev–Trinajstić information content (AvgIpc) is 3.86. The van der Waals surface area contributed by atoms with Gasteiger partial charge in [-0.25, -0.2) is 4.98 Å². The number of hydrogen-bond donors (Lipinski definition) is 4. The number of carbonyl (C=O) groups excluding carboxylic acids is 3. The quantitative estimate of drug-likeness (QED) is 0.102. The van der Waals surface area contributed by atoms with E-state index in [1.807, 2.05) is 32.1 Å². The van der Waals surface area contributed by atoms with Gasteiger partial charge in [-0.2, -0.15) is 0 Å². The number of H-pyrrole nitrogens is 2. The lowest BCUT2D eigenvalue weighted by atomic mass is 9.85. The van der Waals surface area contributed by atoms with Gasteiger partial charge in [0.1, 0.15) is 0 Å². The lowest BCUT2D eigenvalue weighted by Gasteiger charge is -2.18. The van der Waals surface area contributed by atoms with Gasteiger partial charge in [0.05, 0.1) is 75.2 Å². The summed E-state index contributed by atoms with van der Waals surface area (Å²) >= 11 is 0. The molecular weight excluding hydrogens is 700 g/mol. The van der Waals surface area contributed by atoms with E-state index in [2.05, 4.69) is 48.7 Å². The zero-order chi connectivity index (χ0) is 39.8. The summed E-state index contributed by atoms with van der Waals surface area (Å²) in [5.41, 5.74) is 17.0. The summed E-state index contributed by atoms with van der Waals surface area (Å²) in [4.78, 5) is 57.5. The highest BCUT2D eigenvalue weighted by Gasteiger charge is 2.34. The molecule has 2 aliphatic heterocycles. The maximum absolute atomic E-state index is 14.3. The number of allylic oxidation sites excluding steroid dienone is 3. The predicted molar refractivity (Wildman–Crippen MR) is 214 cm³/mol. The molecule has 55 heavy (non-hydrogen) atoms. The largest absolute Gasteiger partial charge is 0.469 e. The summed E-state index contributed by atoms with van der Waals surface area (Å²) in [5.74, 6) is -1.67. The first kappa shape index (κ1) is 41.1.